The lowest BCUT2D eigenvalue weighted by atomic mass is 9.89. The number of alkyl halides is 1. The van der Waals surface area contributed by atoms with Gasteiger partial charge in [-0.3, -0.25) is 0 Å². The normalized spacial score (nSPS) is 14.6. The Morgan fingerprint density at radius 1 is 1.24 bits per heavy atom. The summed E-state index contributed by atoms with van der Waals surface area (Å²) in [5.74, 6) is 0. The summed E-state index contributed by atoms with van der Waals surface area (Å²) in [5.41, 5.74) is 6.89. The van der Waals surface area contributed by atoms with E-state index in [4.69, 9.17) is 10.5 Å². The maximum atomic E-state index is 14.9. The maximum absolute atomic E-state index is 14.9. The molecule has 3 heteroatoms. The zero-order valence-electron chi connectivity index (χ0n) is 10.9. The molecule has 0 heterocycles. The molecule has 1 aromatic carbocycles. The van der Waals surface area contributed by atoms with Crippen molar-refractivity contribution in [2.75, 3.05) is 20.3 Å². The fourth-order valence-electron chi connectivity index (χ4n) is 2.14. The van der Waals surface area contributed by atoms with Crippen LogP contribution in [0, 0.1) is 13.8 Å². The highest BCUT2D eigenvalue weighted by Gasteiger charge is 2.31. The number of methoxy groups -OCH3 is 1. The first-order valence-electron chi connectivity index (χ1n) is 5.98. The van der Waals surface area contributed by atoms with Crippen molar-refractivity contribution in [2.24, 2.45) is 5.73 Å². The van der Waals surface area contributed by atoms with E-state index in [0.717, 1.165) is 11.1 Å². The number of hydrogen-bond acceptors (Lipinski definition) is 2. The molecule has 2 N–H and O–H groups in total. The van der Waals surface area contributed by atoms with Crippen molar-refractivity contribution in [3.63, 3.8) is 0 Å². The zero-order chi connectivity index (χ0) is 12.9. The van der Waals surface area contributed by atoms with Gasteiger partial charge in [-0.1, -0.05) is 29.3 Å². The van der Waals surface area contributed by atoms with E-state index in [0.29, 0.717) is 24.9 Å². The Morgan fingerprint density at radius 3 is 2.29 bits per heavy atom. The van der Waals surface area contributed by atoms with Crippen LogP contribution in [0.2, 0.25) is 0 Å². The molecule has 0 radical (unpaired) electrons. The molecule has 1 unspecified atom stereocenters. The van der Waals surface area contributed by atoms with Crippen LogP contribution in [0.3, 0.4) is 0 Å². The van der Waals surface area contributed by atoms with Crippen LogP contribution in [0.25, 0.3) is 0 Å². The van der Waals surface area contributed by atoms with Gasteiger partial charge in [0, 0.05) is 7.11 Å². The molecule has 0 spiro atoms. The average Bonchev–Trinajstić information content (AvgIpc) is 2.25. The van der Waals surface area contributed by atoms with E-state index in [-0.39, 0.29) is 6.61 Å². The second-order valence-corrected chi connectivity index (χ2v) is 4.67. The number of aryl methyl sites for hydroxylation is 2. The largest absolute Gasteiger partial charge is 0.381 e. The summed E-state index contributed by atoms with van der Waals surface area (Å²) in [6.07, 6.45) is 1.06. The molecule has 17 heavy (non-hydrogen) atoms. The molecule has 0 aromatic heterocycles. The van der Waals surface area contributed by atoms with E-state index in [2.05, 4.69) is 0 Å². The van der Waals surface area contributed by atoms with Crippen LogP contribution in [0.4, 0.5) is 4.39 Å². The summed E-state index contributed by atoms with van der Waals surface area (Å²) >= 11 is 0. The summed E-state index contributed by atoms with van der Waals surface area (Å²) in [4.78, 5) is 0. The van der Waals surface area contributed by atoms with Crippen molar-refractivity contribution in [3.05, 3.63) is 34.9 Å². The van der Waals surface area contributed by atoms with Crippen LogP contribution in [0.1, 0.15) is 29.5 Å². The molecule has 96 valence electrons. The van der Waals surface area contributed by atoms with Gasteiger partial charge >= 0.3 is 0 Å². The van der Waals surface area contributed by atoms with Crippen LogP contribution in [0.15, 0.2) is 18.2 Å². The van der Waals surface area contributed by atoms with Crippen molar-refractivity contribution in [2.45, 2.75) is 32.4 Å². The highest BCUT2D eigenvalue weighted by Crippen LogP contribution is 2.32. The van der Waals surface area contributed by atoms with Gasteiger partial charge in [0.25, 0.3) is 0 Å². The highest BCUT2D eigenvalue weighted by molar-refractivity contribution is 5.32. The van der Waals surface area contributed by atoms with Gasteiger partial charge in [0.2, 0.25) is 0 Å². The van der Waals surface area contributed by atoms with Crippen molar-refractivity contribution in [3.8, 4) is 0 Å². The topological polar surface area (TPSA) is 35.2 Å². The van der Waals surface area contributed by atoms with Crippen molar-refractivity contribution in [1.29, 1.82) is 0 Å². The van der Waals surface area contributed by atoms with Gasteiger partial charge in [-0.15, -0.1) is 0 Å². The van der Waals surface area contributed by atoms with E-state index in [1.54, 1.807) is 0 Å². The average molecular weight is 239 g/mol. The number of benzene rings is 1. The number of hydrogen-bond donors (Lipinski definition) is 1. The first kappa shape index (κ1) is 14.1. The van der Waals surface area contributed by atoms with Gasteiger partial charge in [-0.2, -0.15) is 0 Å². The van der Waals surface area contributed by atoms with Gasteiger partial charge in [-0.05, 0) is 38.8 Å². The van der Waals surface area contributed by atoms with Gasteiger partial charge in [-0.25, -0.2) is 4.39 Å². The lowest BCUT2D eigenvalue weighted by Crippen LogP contribution is -2.27. The summed E-state index contributed by atoms with van der Waals surface area (Å²) in [7, 11) is 1.53. The molecule has 0 fully saturated rings. The molecular weight excluding hydrogens is 217 g/mol. The first-order chi connectivity index (χ1) is 8.01. The Morgan fingerprint density at radius 2 is 1.82 bits per heavy atom. The molecule has 0 saturated heterocycles. The highest BCUT2D eigenvalue weighted by atomic mass is 19.1. The van der Waals surface area contributed by atoms with Crippen LogP contribution in [-0.2, 0) is 10.4 Å². The second kappa shape index (κ2) is 6.12. The van der Waals surface area contributed by atoms with Crippen molar-refractivity contribution >= 4 is 0 Å². The minimum atomic E-state index is -1.43. The fourth-order valence-corrected chi connectivity index (χ4v) is 2.14. The minimum Gasteiger partial charge on any atom is -0.381 e. The Hall–Kier alpha value is -0.930. The molecule has 2 nitrogen and oxygen atoms in total. The quantitative estimate of drug-likeness (QED) is 0.828. The second-order valence-electron chi connectivity index (χ2n) is 4.67. The fraction of sp³-hybridized carbons (Fsp3) is 0.571. The van der Waals surface area contributed by atoms with Gasteiger partial charge in [0.05, 0.1) is 6.61 Å². The Balaban J connectivity index is 3.02. The third-order valence-corrected chi connectivity index (χ3v) is 2.89. The van der Waals surface area contributed by atoms with E-state index in [1.165, 1.54) is 7.11 Å². The lowest BCUT2D eigenvalue weighted by molar-refractivity contribution is 0.0303. The molecule has 0 aliphatic heterocycles. The molecular formula is C14H22FNO. The molecule has 0 aliphatic carbocycles. The van der Waals surface area contributed by atoms with Gasteiger partial charge in [0.1, 0.15) is 0 Å². The van der Waals surface area contributed by atoms with Gasteiger partial charge in [0.15, 0.2) is 5.67 Å². The molecule has 1 rings (SSSR count). The predicted octanol–water partition coefficient (Wildman–Crippen LogP) is 2.85. The monoisotopic (exact) mass is 239 g/mol. The lowest BCUT2D eigenvalue weighted by Gasteiger charge is -2.25. The first-order valence-corrected chi connectivity index (χ1v) is 5.98. The zero-order valence-corrected chi connectivity index (χ0v) is 10.9. The Labute approximate surface area is 103 Å². The molecule has 1 aromatic rings. The molecule has 0 bridgehead atoms. The molecule has 0 amide bonds. The predicted molar refractivity (Wildman–Crippen MR) is 68.9 cm³/mol. The SMILES string of the molecule is COCC(F)(CCCN)c1cc(C)cc(C)c1. The Kier molecular flexibility index (Phi) is 5.09. The van der Waals surface area contributed by atoms with Gasteiger partial charge < -0.3 is 10.5 Å². The Bertz CT molecular complexity index is 347. The van der Waals surface area contributed by atoms with E-state index >= 15 is 0 Å². The maximum Gasteiger partial charge on any atom is 0.159 e. The summed E-state index contributed by atoms with van der Waals surface area (Å²) in [6, 6.07) is 5.82. The van der Waals surface area contributed by atoms with Crippen LogP contribution in [-0.4, -0.2) is 20.3 Å². The van der Waals surface area contributed by atoms with Crippen LogP contribution >= 0.6 is 0 Å². The standard InChI is InChI=1S/C14H22FNO/c1-11-7-12(2)9-13(8-11)14(15,10-17-3)5-4-6-16/h7-9H,4-6,10,16H2,1-3H3. The number of ether oxygens (including phenoxy) is 1. The summed E-state index contributed by atoms with van der Waals surface area (Å²) in [5, 5.41) is 0. The van der Waals surface area contributed by atoms with Crippen LogP contribution < -0.4 is 5.73 Å². The van der Waals surface area contributed by atoms with Crippen molar-refractivity contribution in [1.82, 2.24) is 0 Å². The van der Waals surface area contributed by atoms with Crippen LogP contribution in [0.5, 0.6) is 0 Å². The van der Waals surface area contributed by atoms with E-state index in [1.807, 2.05) is 32.0 Å². The minimum absolute atomic E-state index is 0.0793. The summed E-state index contributed by atoms with van der Waals surface area (Å²) < 4.78 is 19.9. The summed E-state index contributed by atoms with van der Waals surface area (Å²) in [6.45, 7) is 4.54. The molecule has 1 atom stereocenters. The number of rotatable bonds is 6. The third kappa shape index (κ3) is 3.79. The molecule has 0 aliphatic rings. The molecule has 0 saturated carbocycles. The smallest absolute Gasteiger partial charge is 0.159 e. The third-order valence-electron chi connectivity index (χ3n) is 2.89. The van der Waals surface area contributed by atoms with E-state index in [9.17, 15) is 4.39 Å². The van der Waals surface area contributed by atoms with E-state index < -0.39 is 5.67 Å². The number of halogens is 1. The van der Waals surface area contributed by atoms with Crippen molar-refractivity contribution < 1.29 is 9.13 Å². The number of nitrogens with two attached hydrogens (primary N) is 1.